The summed E-state index contributed by atoms with van der Waals surface area (Å²) in [5, 5.41) is 3.03. The molecule has 0 radical (unpaired) electrons. The Bertz CT molecular complexity index is 936. The first-order chi connectivity index (χ1) is 13.2. The van der Waals surface area contributed by atoms with Crippen molar-refractivity contribution < 1.29 is 17.9 Å². The van der Waals surface area contributed by atoms with Gasteiger partial charge in [-0.25, -0.2) is 8.42 Å². The lowest BCUT2D eigenvalue weighted by molar-refractivity contribution is -0.118. The standard InChI is InChI=1S/C20H25ClN2O4S/c1-5-23(6-2)28(25,26)19-12-16(21)7-8-18(19)27-13-20(24)22-17-10-14(3)9-15(4)11-17/h7-12H,5-6,13H2,1-4H3,(H,22,24). The first-order valence-corrected chi connectivity index (χ1v) is 10.8. The third-order valence-electron chi connectivity index (χ3n) is 4.09. The number of anilines is 1. The van der Waals surface area contributed by atoms with Gasteiger partial charge < -0.3 is 10.1 Å². The van der Waals surface area contributed by atoms with E-state index in [1.165, 1.54) is 22.5 Å². The van der Waals surface area contributed by atoms with E-state index in [1.54, 1.807) is 13.8 Å². The summed E-state index contributed by atoms with van der Waals surface area (Å²) < 4.78 is 32.6. The van der Waals surface area contributed by atoms with Gasteiger partial charge in [0, 0.05) is 23.8 Å². The number of carbonyl (C=O) groups excluding carboxylic acids is 1. The second-order valence-electron chi connectivity index (χ2n) is 6.39. The van der Waals surface area contributed by atoms with Gasteiger partial charge in [0.15, 0.2) is 6.61 Å². The van der Waals surface area contributed by atoms with Crippen LogP contribution >= 0.6 is 11.6 Å². The van der Waals surface area contributed by atoms with Crippen molar-refractivity contribution >= 4 is 33.2 Å². The minimum absolute atomic E-state index is 0.0529. The Morgan fingerprint density at radius 1 is 1.07 bits per heavy atom. The van der Waals surface area contributed by atoms with Crippen LogP contribution in [0.3, 0.4) is 0 Å². The molecule has 0 aliphatic heterocycles. The van der Waals surface area contributed by atoms with Gasteiger partial charge in [-0.05, 0) is 55.3 Å². The van der Waals surface area contributed by atoms with Gasteiger partial charge >= 0.3 is 0 Å². The fraction of sp³-hybridized carbons (Fsp3) is 0.350. The Morgan fingerprint density at radius 3 is 2.25 bits per heavy atom. The van der Waals surface area contributed by atoms with Crippen LogP contribution in [0.15, 0.2) is 41.3 Å². The summed E-state index contributed by atoms with van der Waals surface area (Å²) >= 11 is 6.00. The number of sulfonamides is 1. The summed E-state index contributed by atoms with van der Waals surface area (Å²) in [6.07, 6.45) is 0. The summed E-state index contributed by atoms with van der Waals surface area (Å²) in [5.41, 5.74) is 2.72. The topological polar surface area (TPSA) is 75.7 Å². The molecule has 152 valence electrons. The highest BCUT2D eigenvalue weighted by Crippen LogP contribution is 2.30. The third kappa shape index (κ3) is 5.47. The number of hydrogen-bond donors (Lipinski definition) is 1. The molecule has 0 atom stereocenters. The SMILES string of the molecule is CCN(CC)S(=O)(=O)c1cc(Cl)ccc1OCC(=O)Nc1cc(C)cc(C)c1. The van der Waals surface area contributed by atoms with Crippen LogP contribution in [0.1, 0.15) is 25.0 Å². The Balaban J connectivity index is 2.19. The third-order valence-corrected chi connectivity index (χ3v) is 6.40. The minimum atomic E-state index is -3.78. The number of carbonyl (C=O) groups is 1. The second-order valence-corrected chi connectivity index (χ2v) is 8.74. The molecule has 6 nitrogen and oxygen atoms in total. The van der Waals surface area contributed by atoms with Gasteiger partial charge in [-0.15, -0.1) is 0 Å². The molecular weight excluding hydrogens is 400 g/mol. The maximum absolute atomic E-state index is 12.9. The number of hydrogen-bond acceptors (Lipinski definition) is 4. The molecule has 0 saturated heterocycles. The zero-order chi connectivity index (χ0) is 20.9. The zero-order valence-electron chi connectivity index (χ0n) is 16.5. The Morgan fingerprint density at radius 2 is 1.68 bits per heavy atom. The van der Waals surface area contributed by atoms with E-state index in [0.29, 0.717) is 18.8 Å². The van der Waals surface area contributed by atoms with Crippen LogP contribution in [0.5, 0.6) is 5.75 Å². The second kappa shape index (κ2) is 9.41. The summed E-state index contributed by atoms with van der Waals surface area (Å²) in [7, 11) is -3.78. The van der Waals surface area contributed by atoms with E-state index in [4.69, 9.17) is 16.3 Å². The number of rotatable bonds is 8. The van der Waals surface area contributed by atoms with Crippen LogP contribution in [0.2, 0.25) is 5.02 Å². The molecule has 2 rings (SSSR count). The fourth-order valence-corrected chi connectivity index (χ4v) is 4.74. The van der Waals surface area contributed by atoms with Gasteiger partial charge in [0.25, 0.3) is 5.91 Å². The van der Waals surface area contributed by atoms with E-state index < -0.39 is 10.0 Å². The van der Waals surface area contributed by atoms with Gasteiger partial charge in [0.1, 0.15) is 10.6 Å². The van der Waals surface area contributed by atoms with Crippen LogP contribution in [0.25, 0.3) is 0 Å². The first kappa shape index (κ1) is 22.2. The van der Waals surface area contributed by atoms with Gasteiger partial charge in [-0.3, -0.25) is 4.79 Å². The number of ether oxygens (including phenoxy) is 1. The molecule has 0 unspecified atom stereocenters. The molecule has 8 heteroatoms. The zero-order valence-corrected chi connectivity index (χ0v) is 18.0. The maximum Gasteiger partial charge on any atom is 0.262 e. The van der Waals surface area contributed by atoms with E-state index in [9.17, 15) is 13.2 Å². The van der Waals surface area contributed by atoms with Crippen molar-refractivity contribution in [2.75, 3.05) is 25.0 Å². The molecule has 0 saturated carbocycles. The number of nitrogens with zero attached hydrogens (tertiary/aromatic N) is 1. The minimum Gasteiger partial charge on any atom is -0.482 e. The van der Waals surface area contributed by atoms with E-state index in [2.05, 4.69) is 5.32 Å². The summed E-state index contributed by atoms with van der Waals surface area (Å²) in [6, 6.07) is 10.0. The van der Waals surface area contributed by atoms with Crippen molar-refractivity contribution in [3.05, 3.63) is 52.5 Å². The van der Waals surface area contributed by atoms with Gasteiger partial charge in [-0.2, -0.15) is 4.31 Å². The first-order valence-electron chi connectivity index (χ1n) is 8.98. The van der Waals surface area contributed by atoms with E-state index in [0.717, 1.165) is 11.1 Å². The van der Waals surface area contributed by atoms with Crippen molar-refractivity contribution in [3.8, 4) is 5.75 Å². The van der Waals surface area contributed by atoms with Crippen molar-refractivity contribution in [1.82, 2.24) is 4.31 Å². The fourth-order valence-electron chi connectivity index (χ4n) is 2.89. The highest BCUT2D eigenvalue weighted by molar-refractivity contribution is 7.89. The molecule has 0 bridgehead atoms. The quantitative estimate of drug-likeness (QED) is 0.694. The predicted molar refractivity (Wildman–Crippen MR) is 112 cm³/mol. The normalized spacial score (nSPS) is 11.5. The molecule has 1 amide bonds. The van der Waals surface area contributed by atoms with Crippen molar-refractivity contribution in [2.45, 2.75) is 32.6 Å². The molecule has 0 aliphatic carbocycles. The molecule has 0 aromatic heterocycles. The molecule has 2 aromatic carbocycles. The van der Waals surface area contributed by atoms with E-state index in [1.807, 2.05) is 32.0 Å². The van der Waals surface area contributed by atoms with Crippen LogP contribution in [-0.4, -0.2) is 38.3 Å². The maximum atomic E-state index is 12.9. The molecule has 0 heterocycles. The summed E-state index contributed by atoms with van der Waals surface area (Å²) in [5.74, 6) is -0.294. The van der Waals surface area contributed by atoms with Gasteiger partial charge in [-0.1, -0.05) is 31.5 Å². The van der Waals surface area contributed by atoms with Crippen LogP contribution in [-0.2, 0) is 14.8 Å². The number of aryl methyl sites for hydroxylation is 2. The smallest absolute Gasteiger partial charge is 0.262 e. The lowest BCUT2D eigenvalue weighted by Crippen LogP contribution is -2.31. The van der Waals surface area contributed by atoms with Crippen molar-refractivity contribution in [2.24, 2.45) is 0 Å². The average Bonchev–Trinajstić information content (AvgIpc) is 2.60. The molecule has 28 heavy (non-hydrogen) atoms. The Kier molecular flexibility index (Phi) is 7.46. The molecular formula is C20H25ClN2O4S. The number of amides is 1. The highest BCUT2D eigenvalue weighted by Gasteiger charge is 2.26. The highest BCUT2D eigenvalue weighted by atomic mass is 35.5. The van der Waals surface area contributed by atoms with Crippen molar-refractivity contribution in [1.29, 1.82) is 0 Å². The Hall–Kier alpha value is -2.09. The summed E-state index contributed by atoms with van der Waals surface area (Å²) in [4.78, 5) is 12.2. The van der Waals surface area contributed by atoms with E-state index in [-0.39, 0.29) is 28.2 Å². The average molecular weight is 425 g/mol. The predicted octanol–water partition coefficient (Wildman–Crippen LogP) is 4.00. The number of halogens is 1. The Labute approximate surface area is 171 Å². The molecule has 0 aliphatic rings. The summed E-state index contributed by atoms with van der Waals surface area (Å²) in [6.45, 7) is 7.70. The van der Waals surface area contributed by atoms with E-state index >= 15 is 0 Å². The lowest BCUT2D eigenvalue weighted by atomic mass is 10.1. The van der Waals surface area contributed by atoms with Crippen LogP contribution in [0, 0.1) is 13.8 Å². The van der Waals surface area contributed by atoms with Crippen LogP contribution < -0.4 is 10.1 Å². The lowest BCUT2D eigenvalue weighted by Gasteiger charge is -2.20. The van der Waals surface area contributed by atoms with Crippen LogP contribution in [0.4, 0.5) is 5.69 Å². The van der Waals surface area contributed by atoms with Gasteiger partial charge in [0.2, 0.25) is 10.0 Å². The number of benzene rings is 2. The molecule has 0 fully saturated rings. The molecule has 2 aromatic rings. The van der Waals surface area contributed by atoms with Crippen molar-refractivity contribution in [3.63, 3.8) is 0 Å². The number of nitrogens with one attached hydrogen (secondary N) is 1. The monoisotopic (exact) mass is 424 g/mol. The molecule has 0 spiro atoms. The molecule has 1 N–H and O–H groups in total. The van der Waals surface area contributed by atoms with Gasteiger partial charge in [0.05, 0.1) is 0 Å². The largest absolute Gasteiger partial charge is 0.482 e.